The van der Waals surface area contributed by atoms with E-state index < -0.39 is 4.92 Å². The molecule has 0 aliphatic rings. The summed E-state index contributed by atoms with van der Waals surface area (Å²) in [6.45, 7) is 0. The highest BCUT2D eigenvalue weighted by Crippen LogP contribution is 2.39. The summed E-state index contributed by atoms with van der Waals surface area (Å²) in [4.78, 5) is 14.8. The molecule has 130 valence electrons. The van der Waals surface area contributed by atoms with Gasteiger partial charge in [-0.25, -0.2) is 0 Å². The maximum absolute atomic E-state index is 11.0. The average molecular weight is 350 g/mol. The maximum atomic E-state index is 11.0. The Hall–Kier alpha value is -3.86. The molecule has 26 heavy (non-hydrogen) atoms. The largest absolute Gasteiger partial charge is 0.493 e. The second kappa shape index (κ2) is 6.94. The summed E-state index contributed by atoms with van der Waals surface area (Å²) in [7, 11) is 3.03. The molecule has 2 aromatic carbocycles. The van der Waals surface area contributed by atoms with Crippen molar-refractivity contribution in [2.45, 2.75) is 0 Å². The summed E-state index contributed by atoms with van der Waals surface area (Å²) >= 11 is 0. The number of anilines is 2. The minimum atomic E-state index is -0.477. The van der Waals surface area contributed by atoms with E-state index >= 15 is 0 Å². The van der Waals surface area contributed by atoms with E-state index in [0.29, 0.717) is 39.3 Å². The summed E-state index contributed by atoms with van der Waals surface area (Å²) in [5.74, 6) is 0.954. The standard InChI is InChI=1S/C18H14N4O4/c1-25-15-7-6-14-16(11(9-19)10-20-17(14)18(15)26-2)21-12-4-3-5-13(8-12)22(23)24/h3-8,10H,1-2H3,(H,20,21). The Morgan fingerprint density at radius 3 is 2.69 bits per heavy atom. The van der Waals surface area contributed by atoms with Gasteiger partial charge in [-0.05, 0) is 18.2 Å². The lowest BCUT2D eigenvalue weighted by Crippen LogP contribution is -2.00. The van der Waals surface area contributed by atoms with Crippen LogP contribution in [0, 0.1) is 21.4 Å². The normalized spacial score (nSPS) is 10.2. The first-order valence-electron chi connectivity index (χ1n) is 7.54. The zero-order chi connectivity index (χ0) is 18.7. The number of rotatable bonds is 5. The number of non-ortho nitro benzene ring substituents is 1. The average Bonchev–Trinajstić information content (AvgIpc) is 2.67. The van der Waals surface area contributed by atoms with Crippen LogP contribution in [-0.4, -0.2) is 24.1 Å². The maximum Gasteiger partial charge on any atom is 0.271 e. The molecule has 8 nitrogen and oxygen atoms in total. The molecule has 1 heterocycles. The van der Waals surface area contributed by atoms with Crippen molar-refractivity contribution in [3.05, 3.63) is 58.3 Å². The zero-order valence-corrected chi connectivity index (χ0v) is 14.0. The summed E-state index contributed by atoms with van der Waals surface area (Å²) < 4.78 is 10.7. The summed E-state index contributed by atoms with van der Waals surface area (Å²) in [6.07, 6.45) is 1.42. The number of hydrogen-bond donors (Lipinski definition) is 1. The van der Waals surface area contributed by atoms with Crippen molar-refractivity contribution in [2.24, 2.45) is 0 Å². The summed E-state index contributed by atoms with van der Waals surface area (Å²) in [6, 6.07) is 11.6. The molecule has 8 heteroatoms. The number of nitro benzene ring substituents is 1. The van der Waals surface area contributed by atoms with Gasteiger partial charge < -0.3 is 14.8 Å². The van der Waals surface area contributed by atoms with E-state index in [-0.39, 0.29) is 5.69 Å². The van der Waals surface area contributed by atoms with E-state index in [9.17, 15) is 15.4 Å². The summed E-state index contributed by atoms with van der Waals surface area (Å²) in [5, 5.41) is 24.1. The molecular weight excluding hydrogens is 336 g/mol. The van der Waals surface area contributed by atoms with Gasteiger partial charge in [0.05, 0.1) is 30.4 Å². The first kappa shape index (κ1) is 17.0. The van der Waals surface area contributed by atoms with Crippen LogP contribution in [0.15, 0.2) is 42.6 Å². The fourth-order valence-electron chi connectivity index (χ4n) is 2.64. The Balaban J connectivity index is 2.19. The fourth-order valence-corrected chi connectivity index (χ4v) is 2.64. The molecule has 0 fully saturated rings. The van der Waals surface area contributed by atoms with E-state index in [1.165, 1.54) is 32.5 Å². The number of nitrogens with one attached hydrogen (secondary N) is 1. The number of aromatic nitrogens is 1. The molecule has 0 saturated carbocycles. The van der Waals surface area contributed by atoms with E-state index in [1.807, 2.05) is 0 Å². The van der Waals surface area contributed by atoms with Crippen LogP contribution in [0.3, 0.4) is 0 Å². The lowest BCUT2D eigenvalue weighted by atomic mass is 10.1. The number of pyridine rings is 1. The van der Waals surface area contributed by atoms with Gasteiger partial charge in [-0.1, -0.05) is 6.07 Å². The highest BCUT2D eigenvalue weighted by Gasteiger charge is 2.16. The summed E-state index contributed by atoms with van der Waals surface area (Å²) in [5.41, 5.74) is 1.73. The molecule has 0 saturated heterocycles. The fraction of sp³-hybridized carbons (Fsp3) is 0.111. The van der Waals surface area contributed by atoms with Gasteiger partial charge in [0, 0.05) is 29.4 Å². The minimum absolute atomic E-state index is 0.0499. The number of hydrogen-bond acceptors (Lipinski definition) is 7. The molecule has 3 aromatic rings. The van der Waals surface area contributed by atoms with E-state index in [2.05, 4.69) is 16.4 Å². The van der Waals surface area contributed by atoms with Gasteiger partial charge >= 0.3 is 0 Å². The Labute approximate surface area is 148 Å². The van der Waals surface area contributed by atoms with Crippen LogP contribution in [0.2, 0.25) is 0 Å². The molecule has 1 aromatic heterocycles. The van der Waals surface area contributed by atoms with E-state index in [0.717, 1.165) is 0 Å². The van der Waals surface area contributed by atoms with Crippen molar-refractivity contribution in [1.29, 1.82) is 5.26 Å². The van der Waals surface area contributed by atoms with Crippen LogP contribution in [-0.2, 0) is 0 Å². The molecule has 0 spiro atoms. The molecular formula is C18H14N4O4. The Kier molecular flexibility index (Phi) is 4.53. The zero-order valence-electron chi connectivity index (χ0n) is 14.0. The van der Waals surface area contributed by atoms with Crippen molar-refractivity contribution < 1.29 is 14.4 Å². The molecule has 3 rings (SSSR count). The monoisotopic (exact) mass is 350 g/mol. The quantitative estimate of drug-likeness (QED) is 0.550. The second-order valence-corrected chi connectivity index (χ2v) is 5.29. The van der Waals surface area contributed by atoms with Gasteiger partial charge in [0.1, 0.15) is 11.6 Å². The third kappa shape index (κ3) is 2.93. The number of nitro groups is 1. The highest BCUT2D eigenvalue weighted by molar-refractivity contribution is 5.99. The van der Waals surface area contributed by atoms with Gasteiger partial charge in [0.15, 0.2) is 11.5 Å². The number of nitrogens with zero attached hydrogens (tertiary/aromatic N) is 3. The van der Waals surface area contributed by atoms with E-state index in [1.54, 1.807) is 24.3 Å². The van der Waals surface area contributed by atoms with Gasteiger partial charge in [-0.15, -0.1) is 0 Å². The molecule has 0 atom stereocenters. The topological polar surface area (TPSA) is 110 Å². The minimum Gasteiger partial charge on any atom is -0.493 e. The first-order valence-corrected chi connectivity index (χ1v) is 7.54. The molecule has 0 unspecified atom stereocenters. The highest BCUT2D eigenvalue weighted by atomic mass is 16.6. The molecule has 1 N–H and O–H groups in total. The Morgan fingerprint density at radius 2 is 2.04 bits per heavy atom. The van der Waals surface area contributed by atoms with Crippen LogP contribution < -0.4 is 14.8 Å². The molecule has 0 radical (unpaired) electrons. The van der Waals surface area contributed by atoms with Gasteiger partial charge in [0.25, 0.3) is 5.69 Å². The van der Waals surface area contributed by atoms with Gasteiger partial charge in [-0.2, -0.15) is 5.26 Å². The number of benzene rings is 2. The van der Waals surface area contributed by atoms with Crippen LogP contribution in [0.5, 0.6) is 11.5 Å². The number of nitriles is 1. The van der Waals surface area contributed by atoms with Crippen molar-refractivity contribution in [3.63, 3.8) is 0 Å². The van der Waals surface area contributed by atoms with E-state index in [4.69, 9.17) is 9.47 Å². The predicted octanol–water partition coefficient (Wildman–Crippen LogP) is 3.78. The van der Waals surface area contributed by atoms with Crippen LogP contribution in [0.25, 0.3) is 10.9 Å². The number of ether oxygens (including phenoxy) is 2. The van der Waals surface area contributed by atoms with Crippen molar-refractivity contribution in [1.82, 2.24) is 4.98 Å². The second-order valence-electron chi connectivity index (χ2n) is 5.29. The third-order valence-corrected chi connectivity index (χ3v) is 3.83. The smallest absolute Gasteiger partial charge is 0.271 e. The predicted molar refractivity (Wildman–Crippen MR) is 95.9 cm³/mol. The Bertz CT molecular complexity index is 1040. The van der Waals surface area contributed by atoms with Crippen molar-refractivity contribution in [3.8, 4) is 17.6 Å². The molecule has 0 bridgehead atoms. The van der Waals surface area contributed by atoms with Crippen LogP contribution >= 0.6 is 0 Å². The molecule has 0 amide bonds. The lowest BCUT2D eigenvalue weighted by molar-refractivity contribution is -0.384. The third-order valence-electron chi connectivity index (χ3n) is 3.83. The molecule has 0 aliphatic heterocycles. The first-order chi connectivity index (χ1) is 12.6. The van der Waals surface area contributed by atoms with Gasteiger partial charge in [0.2, 0.25) is 0 Å². The van der Waals surface area contributed by atoms with Crippen molar-refractivity contribution in [2.75, 3.05) is 19.5 Å². The van der Waals surface area contributed by atoms with Crippen molar-refractivity contribution >= 4 is 28.0 Å². The number of methoxy groups -OCH3 is 2. The lowest BCUT2D eigenvalue weighted by Gasteiger charge is -2.15. The number of fused-ring (bicyclic) bond motifs is 1. The molecule has 0 aliphatic carbocycles. The van der Waals surface area contributed by atoms with Crippen LogP contribution in [0.4, 0.5) is 17.1 Å². The van der Waals surface area contributed by atoms with Crippen LogP contribution in [0.1, 0.15) is 5.56 Å². The van der Waals surface area contributed by atoms with Gasteiger partial charge in [-0.3, -0.25) is 15.1 Å². The SMILES string of the molecule is COc1ccc2c(Nc3cccc([N+](=O)[O-])c3)c(C#N)cnc2c1OC. The Morgan fingerprint density at radius 1 is 1.23 bits per heavy atom.